The van der Waals surface area contributed by atoms with Crippen molar-refractivity contribution in [1.82, 2.24) is 14.8 Å². The van der Waals surface area contributed by atoms with E-state index in [0.29, 0.717) is 34.6 Å². The summed E-state index contributed by atoms with van der Waals surface area (Å²) < 4.78 is 2.02. The first-order valence-electron chi connectivity index (χ1n) is 9.96. The highest BCUT2D eigenvalue weighted by Gasteiger charge is 2.22. The smallest absolute Gasteiger partial charge is 0.237 e. The third-order valence-electron chi connectivity index (χ3n) is 4.57. The normalized spacial score (nSPS) is 11.8. The van der Waals surface area contributed by atoms with Gasteiger partial charge in [-0.15, -0.1) is 28.5 Å². The van der Waals surface area contributed by atoms with E-state index >= 15 is 0 Å². The average molecular weight is 473 g/mol. The van der Waals surface area contributed by atoms with Crippen LogP contribution in [0.2, 0.25) is 5.02 Å². The van der Waals surface area contributed by atoms with E-state index in [1.807, 2.05) is 54.8 Å². The lowest BCUT2D eigenvalue weighted by Crippen LogP contribution is -2.25. The molecule has 8 heteroatoms. The summed E-state index contributed by atoms with van der Waals surface area (Å²) in [6.07, 6.45) is 2.48. The van der Waals surface area contributed by atoms with Gasteiger partial charge in [-0.2, -0.15) is 0 Å². The number of allylic oxidation sites excluding steroid dienone is 1. The van der Waals surface area contributed by atoms with E-state index in [0.717, 1.165) is 11.4 Å². The molecule has 0 aliphatic rings. The van der Waals surface area contributed by atoms with Crippen LogP contribution in [-0.4, -0.2) is 25.9 Å². The minimum absolute atomic E-state index is 0.0826. The molecule has 1 aromatic heterocycles. The number of nitrogens with zero attached hydrogens (tertiary/aromatic N) is 3. The molecule has 1 N–H and O–H groups in total. The maximum Gasteiger partial charge on any atom is 0.237 e. The summed E-state index contributed by atoms with van der Waals surface area (Å²) in [6, 6.07) is 15.7. The Kier molecular flexibility index (Phi) is 8.63. The highest BCUT2D eigenvalue weighted by atomic mass is 35.5. The van der Waals surface area contributed by atoms with Crippen molar-refractivity contribution in [2.24, 2.45) is 0 Å². The molecule has 0 saturated heterocycles. The van der Waals surface area contributed by atoms with Crippen LogP contribution in [0, 0.1) is 6.92 Å². The summed E-state index contributed by atoms with van der Waals surface area (Å²) in [5.41, 5.74) is 1.66. The molecule has 1 amide bonds. The van der Waals surface area contributed by atoms with Gasteiger partial charge in [0.05, 0.1) is 11.0 Å². The van der Waals surface area contributed by atoms with Gasteiger partial charge in [0, 0.05) is 22.2 Å². The molecule has 0 bridgehead atoms. The third kappa shape index (κ3) is 6.38. The number of rotatable bonds is 10. The van der Waals surface area contributed by atoms with Crippen molar-refractivity contribution < 1.29 is 4.79 Å². The lowest BCUT2D eigenvalue weighted by atomic mass is 10.2. The summed E-state index contributed by atoms with van der Waals surface area (Å²) in [4.78, 5) is 14.0. The molecule has 31 heavy (non-hydrogen) atoms. The fourth-order valence-corrected chi connectivity index (χ4v) is 4.85. The molecule has 0 aliphatic carbocycles. The van der Waals surface area contributed by atoms with Crippen LogP contribution in [0.5, 0.6) is 0 Å². The molecule has 3 rings (SSSR count). The van der Waals surface area contributed by atoms with Crippen LogP contribution in [0.3, 0.4) is 0 Å². The number of amides is 1. The highest BCUT2D eigenvalue weighted by Crippen LogP contribution is 2.29. The van der Waals surface area contributed by atoms with E-state index in [-0.39, 0.29) is 11.2 Å². The van der Waals surface area contributed by atoms with E-state index < -0.39 is 0 Å². The standard InChI is InChI=1S/C23H25ClN4OS2/c1-4-13-28-21(15-30-18-9-7-6-8-10-18)26-27-23(28)31-20(5-2)22(29)25-17-12-11-16(3)19(24)14-17/h4,6-12,14,20H,1,5,13,15H2,2-3H3,(H,25,29). The minimum atomic E-state index is -0.303. The Morgan fingerprint density at radius 2 is 2.03 bits per heavy atom. The van der Waals surface area contributed by atoms with Gasteiger partial charge in [-0.1, -0.05) is 60.6 Å². The van der Waals surface area contributed by atoms with Crippen molar-refractivity contribution in [2.45, 2.75) is 47.9 Å². The van der Waals surface area contributed by atoms with Crippen LogP contribution in [0.15, 0.2) is 71.2 Å². The number of carbonyl (C=O) groups excluding carboxylic acids is 1. The first-order valence-corrected chi connectivity index (χ1v) is 12.2. The van der Waals surface area contributed by atoms with Crippen molar-refractivity contribution in [3.05, 3.63) is 77.6 Å². The van der Waals surface area contributed by atoms with Crippen LogP contribution in [-0.2, 0) is 17.1 Å². The summed E-state index contributed by atoms with van der Waals surface area (Å²) in [6.45, 7) is 8.36. The van der Waals surface area contributed by atoms with Crippen LogP contribution >= 0.6 is 35.1 Å². The molecular formula is C23H25ClN4OS2. The molecule has 2 aromatic carbocycles. The summed E-state index contributed by atoms with van der Waals surface area (Å²) in [5, 5.41) is 12.7. The van der Waals surface area contributed by atoms with Gasteiger partial charge in [-0.25, -0.2) is 0 Å². The maximum atomic E-state index is 12.9. The molecule has 0 spiro atoms. The lowest BCUT2D eigenvalue weighted by Gasteiger charge is -2.15. The number of carbonyl (C=O) groups is 1. The number of benzene rings is 2. The molecule has 1 heterocycles. The molecule has 3 aromatic rings. The maximum absolute atomic E-state index is 12.9. The van der Waals surface area contributed by atoms with E-state index in [1.165, 1.54) is 16.7 Å². The van der Waals surface area contributed by atoms with E-state index in [1.54, 1.807) is 17.8 Å². The first kappa shape index (κ1) is 23.4. The number of aryl methyl sites for hydroxylation is 1. The van der Waals surface area contributed by atoms with Crippen LogP contribution in [0.25, 0.3) is 0 Å². The predicted octanol–water partition coefficient (Wildman–Crippen LogP) is 6.23. The number of nitrogens with one attached hydrogen (secondary N) is 1. The van der Waals surface area contributed by atoms with Crippen molar-refractivity contribution >= 4 is 46.7 Å². The second-order valence-corrected chi connectivity index (χ2v) is 9.49. The van der Waals surface area contributed by atoms with E-state index in [9.17, 15) is 4.79 Å². The van der Waals surface area contributed by atoms with Gasteiger partial charge >= 0.3 is 0 Å². The van der Waals surface area contributed by atoms with Crippen molar-refractivity contribution in [3.8, 4) is 0 Å². The average Bonchev–Trinajstić information content (AvgIpc) is 3.15. The molecule has 0 radical (unpaired) electrons. The number of thioether (sulfide) groups is 2. The van der Waals surface area contributed by atoms with Crippen molar-refractivity contribution in [2.75, 3.05) is 5.32 Å². The quantitative estimate of drug-likeness (QED) is 0.280. The van der Waals surface area contributed by atoms with Gasteiger partial charge in [0.25, 0.3) is 0 Å². The Hall–Kier alpha value is -2.22. The summed E-state index contributed by atoms with van der Waals surface area (Å²) >= 11 is 9.31. The summed E-state index contributed by atoms with van der Waals surface area (Å²) in [5.74, 6) is 1.47. The monoisotopic (exact) mass is 472 g/mol. The number of hydrogen-bond acceptors (Lipinski definition) is 5. The Labute approximate surface area is 196 Å². The van der Waals surface area contributed by atoms with E-state index in [4.69, 9.17) is 11.6 Å². The highest BCUT2D eigenvalue weighted by molar-refractivity contribution is 8.00. The lowest BCUT2D eigenvalue weighted by molar-refractivity contribution is -0.115. The van der Waals surface area contributed by atoms with Crippen LogP contribution in [0.1, 0.15) is 24.7 Å². The van der Waals surface area contributed by atoms with Crippen LogP contribution in [0.4, 0.5) is 5.69 Å². The zero-order valence-corrected chi connectivity index (χ0v) is 19.9. The molecule has 1 unspecified atom stereocenters. The SMILES string of the molecule is C=CCn1c(CSc2ccccc2)nnc1SC(CC)C(=O)Nc1ccc(C)c(Cl)c1. The molecule has 0 saturated carbocycles. The van der Waals surface area contributed by atoms with Gasteiger partial charge in [-0.05, 0) is 43.2 Å². The molecular weight excluding hydrogens is 448 g/mol. The Balaban J connectivity index is 1.71. The zero-order valence-electron chi connectivity index (χ0n) is 17.5. The predicted molar refractivity (Wildman–Crippen MR) is 131 cm³/mol. The second-order valence-electron chi connectivity index (χ2n) is 6.87. The van der Waals surface area contributed by atoms with Gasteiger partial charge in [0.15, 0.2) is 5.16 Å². The largest absolute Gasteiger partial charge is 0.325 e. The van der Waals surface area contributed by atoms with Gasteiger partial charge in [0.1, 0.15) is 5.82 Å². The van der Waals surface area contributed by atoms with Gasteiger partial charge in [0.2, 0.25) is 5.91 Å². The number of anilines is 1. The third-order valence-corrected chi connectivity index (χ3v) is 7.33. The Bertz CT molecular complexity index is 1040. The molecule has 5 nitrogen and oxygen atoms in total. The minimum Gasteiger partial charge on any atom is -0.325 e. The second kappa shape index (κ2) is 11.4. The van der Waals surface area contributed by atoms with Crippen molar-refractivity contribution in [3.63, 3.8) is 0 Å². The number of hydrogen-bond donors (Lipinski definition) is 1. The molecule has 0 fully saturated rings. The summed E-state index contributed by atoms with van der Waals surface area (Å²) in [7, 11) is 0. The molecule has 162 valence electrons. The first-order chi connectivity index (χ1) is 15.0. The number of aromatic nitrogens is 3. The topological polar surface area (TPSA) is 59.8 Å². The van der Waals surface area contributed by atoms with E-state index in [2.05, 4.69) is 34.2 Å². The van der Waals surface area contributed by atoms with Crippen molar-refractivity contribution in [1.29, 1.82) is 0 Å². The van der Waals surface area contributed by atoms with Gasteiger partial charge < -0.3 is 9.88 Å². The molecule has 1 atom stereocenters. The Morgan fingerprint density at radius 3 is 2.71 bits per heavy atom. The molecule has 0 aliphatic heterocycles. The zero-order chi connectivity index (χ0) is 22.2. The number of halogens is 1. The van der Waals surface area contributed by atoms with Gasteiger partial charge in [-0.3, -0.25) is 4.79 Å². The fourth-order valence-electron chi connectivity index (χ4n) is 2.83. The van der Waals surface area contributed by atoms with Crippen LogP contribution < -0.4 is 5.32 Å². The fraction of sp³-hybridized carbons (Fsp3) is 0.261. The Morgan fingerprint density at radius 1 is 1.26 bits per heavy atom.